The molecule has 2 aromatic rings. The first-order valence-corrected chi connectivity index (χ1v) is 6.13. The van der Waals surface area contributed by atoms with E-state index in [9.17, 15) is 0 Å². The number of benzene rings is 2. The molecule has 0 bridgehead atoms. The van der Waals surface area contributed by atoms with Crippen molar-refractivity contribution in [3.63, 3.8) is 0 Å². The van der Waals surface area contributed by atoms with Gasteiger partial charge in [-0.25, -0.2) is 4.99 Å². The molecule has 0 unspecified atom stereocenters. The van der Waals surface area contributed by atoms with E-state index in [0.29, 0.717) is 12.5 Å². The number of ether oxygens (including phenoxy) is 1. The summed E-state index contributed by atoms with van der Waals surface area (Å²) in [7, 11) is 0. The quantitative estimate of drug-likeness (QED) is 0.583. The van der Waals surface area contributed by atoms with Crippen LogP contribution in [0, 0.1) is 6.92 Å². The maximum atomic E-state index is 5.61. The van der Waals surface area contributed by atoms with Crippen LogP contribution in [0.4, 0.5) is 5.69 Å². The Morgan fingerprint density at radius 3 is 2.28 bits per heavy atom. The molecule has 2 nitrogen and oxygen atoms in total. The van der Waals surface area contributed by atoms with Gasteiger partial charge in [0.1, 0.15) is 0 Å². The zero-order valence-corrected chi connectivity index (χ0v) is 10.8. The van der Waals surface area contributed by atoms with E-state index in [1.807, 2.05) is 61.5 Å². The largest absolute Gasteiger partial charge is 0.478 e. The van der Waals surface area contributed by atoms with E-state index in [1.54, 1.807) is 0 Å². The monoisotopic (exact) mass is 239 g/mol. The first kappa shape index (κ1) is 12.4. The highest BCUT2D eigenvalue weighted by atomic mass is 16.5. The Hall–Kier alpha value is -2.09. The van der Waals surface area contributed by atoms with Gasteiger partial charge in [-0.15, -0.1) is 0 Å². The second kappa shape index (κ2) is 6.01. The Labute approximate surface area is 108 Å². The van der Waals surface area contributed by atoms with Crippen LogP contribution in [-0.2, 0) is 4.74 Å². The Morgan fingerprint density at radius 2 is 1.67 bits per heavy atom. The third-order valence-corrected chi connectivity index (χ3v) is 2.57. The SMILES string of the molecule is CCOC(=Nc1ccc(C)cc1)c1ccccc1. The fraction of sp³-hybridized carbons (Fsp3) is 0.188. The number of nitrogens with zero attached hydrogens (tertiary/aromatic N) is 1. The van der Waals surface area contributed by atoms with E-state index in [4.69, 9.17) is 4.74 Å². The van der Waals surface area contributed by atoms with E-state index in [0.717, 1.165) is 11.3 Å². The van der Waals surface area contributed by atoms with Crippen LogP contribution in [0.3, 0.4) is 0 Å². The lowest BCUT2D eigenvalue weighted by Crippen LogP contribution is -2.05. The minimum Gasteiger partial charge on any atom is -0.478 e. The Morgan fingerprint density at radius 1 is 1.00 bits per heavy atom. The van der Waals surface area contributed by atoms with E-state index in [2.05, 4.69) is 11.9 Å². The lowest BCUT2D eigenvalue weighted by atomic mass is 10.2. The maximum Gasteiger partial charge on any atom is 0.221 e. The molecule has 2 aromatic carbocycles. The summed E-state index contributed by atoms with van der Waals surface area (Å²) in [5, 5.41) is 0. The average Bonchev–Trinajstić information content (AvgIpc) is 2.42. The predicted molar refractivity (Wildman–Crippen MR) is 75.4 cm³/mol. The van der Waals surface area contributed by atoms with Gasteiger partial charge in [0.25, 0.3) is 0 Å². The number of hydrogen-bond donors (Lipinski definition) is 0. The van der Waals surface area contributed by atoms with Crippen LogP contribution in [0.1, 0.15) is 18.1 Å². The number of hydrogen-bond acceptors (Lipinski definition) is 2. The molecule has 0 N–H and O–H groups in total. The molecule has 0 fully saturated rings. The summed E-state index contributed by atoms with van der Waals surface area (Å²) in [6.07, 6.45) is 0. The van der Waals surface area contributed by atoms with Crippen molar-refractivity contribution in [3.8, 4) is 0 Å². The smallest absolute Gasteiger partial charge is 0.221 e. The van der Waals surface area contributed by atoms with Gasteiger partial charge in [0.2, 0.25) is 5.90 Å². The van der Waals surface area contributed by atoms with Crippen molar-refractivity contribution in [2.45, 2.75) is 13.8 Å². The molecule has 0 aliphatic rings. The van der Waals surface area contributed by atoms with Gasteiger partial charge < -0.3 is 4.74 Å². The molecule has 0 aliphatic heterocycles. The molecule has 0 spiro atoms. The van der Waals surface area contributed by atoms with Crippen LogP contribution in [0.2, 0.25) is 0 Å². The summed E-state index contributed by atoms with van der Waals surface area (Å²) in [4.78, 5) is 4.55. The summed E-state index contributed by atoms with van der Waals surface area (Å²) in [6, 6.07) is 18.1. The molecule has 0 amide bonds. The van der Waals surface area contributed by atoms with Crippen molar-refractivity contribution in [2.24, 2.45) is 4.99 Å². The van der Waals surface area contributed by atoms with Crippen molar-refractivity contribution >= 4 is 11.6 Å². The van der Waals surface area contributed by atoms with E-state index in [-0.39, 0.29) is 0 Å². The second-order valence-electron chi connectivity index (χ2n) is 4.05. The van der Waals surface area contributed by atoms with Crippen LogP contribution in [0.25, 0.3) is 0 Å². The van der Waals surface area contributed by atoms with E-state index < -0.39 is 0 Å². The highest BCUT2D eigenvalue weighted by molar-refractivity contribution is 5.95. The normalized spacial score (nSPS) is 11.3. The van der Waals surface area contributed by atoms with Crippen LogP contribution in [0.15, 0.2) is 59.6 Å². The van der Waals surface area contributed by atoms with Crippen LogP contribution < -0.4 is 0 Å². The van der Waals surface area contributed by atoms with Crippen molar-refractivity contribution in [1.82, 2.24) is 0 Å². The predicted octanol–water partition coefficient (Wildman–Crippen LogP) is 4.11. The summed E-state index contributed by atoms with van der Waals surface area (Å²) >= 11 is 0. The number of aryl methyl sites for hydroxylation is 1. The minimum absolute atomic E-state index is 0.611. The van der Waals surface area contributed by atoms with Gasteiger partial charge in [-0.1, -0.05) is 35.9 Å². The first-order valence-electron chi connectivity index (χ1n) is 6.13. The molecule has 0 radical (unpaired) electrons. The highest BCUT2D eigenvalue weighted by Crippen LogP contribution is 2.15. The van der Waals surface area contributed by atoms with E-state index >= 15 is 0 Å². The Kier molecular flexibility index (Phi) is 4.13. The third kappa shape index (κ3) is 3.20. The zero-order chi connectivity index (χ0) is 12.8. The van der Waals surface area contributed by atoms with Gasteiger partial charge >= 0.3 is 0 Å². The van der Waals surface area contributed by atoms with Gasteiger partial charge in [0.15, 0.2) is 0 Å². The lowest BCUT2D eigenvalue weighted by molar-refractivity contribution is 0.329. The molecule has 2 heteroatoms. The van der Waals surface area contributed by atoms with Gasteiger partial charge in [-0.3, -0.25) is 0 Å². The second-order valence-corrected chi connectivity index (χ2v) is 4.05. The van der Waals surface area contributed by atoms with Crippen LogP contribution in [-0.4, -0.2) is 12.5 Å². The molecule has 2 rings (SSSR count). The number of rotatable bonds is 3. The number of aliphatic imine (C=N–C) groups is 1. The van der Waals surface area contributed by atoms with Gasteiger partial charge in [-0.2, -0.15) is 0 Å². The first-order chi connectivity index (χ1) is 8.79. The van der Waals surface area contributed by atoms with Crippen molar-refractivity contribution in [3.05, 3.63) is 65.7 Å². The van der Waals surface area contributed by atoms with Crippen LogP contribution in [0.5, 0.6) is 0 Å². The molecular weight excluding hydrogens is 222 g/mol. The summed E-state index contributed by atoms with van der Waals surface area (Å²) in [5.74, 6) is 0.668. The molecule has 0 saturated heterocycles. The van der Waals surface area contributed by atoms with Crippen molar-refractivity contribution < 1.29 is 4.74 Å². The molecule has 0 aromatic heterocycles. The topological polar surface area (TPSA) is 21.6 Å². The average molecular weight is 239 g/mol. The van der Waals surface area contributed by atoms with E-state index in [1.165, 1.54) is 5.56 Å². The van der Waals surface area contributed by atoms with Gasteiger partial charge in [0, 0.05) is 5.56 Å². The molecule has 92 valence electrons. The minimum atomic E-state index is 0.611. The van der Waals surface area contributed by atoms with Crippen LogP contribution >= 0.6 is 0 Å². The fourth-order valence-corrected chi connectivity index (χ4v) is 1.63. The molecular formula is C16H17NO. The Bertz CT molecular complexity index is 515. The molecule has 0 saturated carbocycles. The Balaban J connectivity index is 2.33. The molecule has 0 atom stereocenters. The summed E-state index contributed by atoms with van der Waals surface area (Å²) in [6.45, 7) is 4.64. The van der Waals surface area contributed by atoms with Crippen molar-refractivity contribution in [2.75, 3.05) is 6.61 Å². The zero-order valence-electron chi connectivity index (χ0n) is 10.8. The summed E-state index contributed by atoms with van der Waals surface area (Å²) in [5.41, 5.74) is 3.14. The standard InChI is InChI=1S/C16H17NO/c1-3-18-16(14-7-5-4-6-8-14)17-15-11-9-13(2)10-12-15/h4-12H,3H2,1-2H3. The molecule has 0 heterocycles. The highest BCUT2D eigenvalue weighted by Gasteiger charge is 2.03. The summed E-state index contributed by atoms with van der Waals surface area (Å²) < 4.78 is 5.61. The third-order valence-electron chi connectivity index (χ3n) is 2.57. The van der Waals surface area contributed by atoms with Crippen molar-refractivity contribution in [1.29, 1.82) is 0 Å². The van der Waals surface area contributed by atoms with Gasteiger partial charge in [-0.05, 0) is 38.1 Å². The van der Waals surface area contributed by atoms with Gasteiger partial charge in [0.05, 0.1) is 12.3 Å². The molecule has 0 aliphatic carbocycles. The molecule has 18 heavy (non-hydrogen) atoms. The maximum absolute atomic E-state index is 5.61. The fourth-order valence-electron chi connectivity index (χ4n) is 1.63. The lowest BCUT2D eigenvalue weighted by Gasteiger charge is -2.07.